The summed E-state index contributed by atoms with van der Waals surface area (Å²) in [6.07, 6.45) is 0. The molecular weight excluding hydrogens is 325 g/mol. The molecule has 0 amide bonds. The molecule has 2 rings (SSSR count). The Balaban J connectivity index is 2.46. The average Bonchev–Trinajstić information content (AvgIpc) is 2.75. The van der Waals surface area contributed by atoms with E-state index in [9.17, 15) is 8.42 Å². The molecule has 9 heteroatoms. The molecular formula is C11H11Cl2N3O3S. The van der Waals surface area contributed by atoms with Crippen molar-refractivity contribution in [1.82, 2.24) is 10.2 Å². The molecule has 1 aromatic heterocycles. The van der Waals surface area contributed by atoms with Crippen LogP contribution in [0.2, 0.25) is 10.0 Å². The second kappa shape index (κ2) is 5.61. The molecule has 0 atom stereocenters. The van der Waals surface area contributed by atoms with E-state index in [4.69, 9.17) is 28.3 Å². The van der Waals surface area contributed by atoms with Gasteiger partial charge in [0.15, 0.2) is 0 Å². The third kappa shape index (κ3) is 2.90. The van der Waals surface area contributed by atoms with Crippen molar-refractivity contribution in [2.45, 2.75) is 18.4 Å². The van der Waals surface area contributed by atoms with Gasteiger partial charge in [-0.3, -0.25) is 9.82 Å². The second-order valence-electron chi connectivity index (χ2n) is 4.01. The van der Waals surface area contributed by atoms with Crippen LogP contribution in [0, 0.1) is 6.92 Å². The summed E-state index contributed by atoms with van der Waals surface area (Å²) in [5.41, 5.74) is 0.511. The number of aliphatic hydroxyl groups excluding tert-OH is 1. The first kappa shape index (κ1) is 15.1. The van der Waals surface area contributed by atoms with E-state index in [2.05, 4.69) is 14.9 Å². The van der Waals surface area contributed by atoms with Crippen LogP contribution in [-0.4, -0.2) is 23.7 Å². The smallest absolute Gasteiger partial charge is 0.265 e. The first-order chi connectivity index (χ1) is 9.35. The fraction of sp³-hybridized carbons (Fsp3) is 0.182. The fourth-order valence-electron chi connectivity index (χ4n) is 1.70. The van der Waals surface area contributed by atoms with Gasteiger partial charge in [-0.15, -0.1) is 0 Å². The Bertz CT molecular complexity index is 743. The molecule has 0 fully saturated rings. The predicted octanol–water partition coefficient (Wildman–Crippen LogP) is 2.32. The summed E-state index contributed by atoms with van der Waals surface area (Å²) >= 11 is 11.7. The van der Waals surface area contributed by atoms with Crippen molar-refractivity contribution in [3.8, 4) is 0 Å². The number of H-pyrrole nitrogens is 1. The second-order valence-corrected chi connectivity index (χ2v) is 6.48. The molecule has 6 nitrogen and oxygen atoms in total. The number of benzene rings is 1. The summed E-state index contributed by atoms with van der Waals surface area (Å²) in [5, 5.41) is 15.9. The van der Waals surface area contributed by atoms with Crippen molar-refractivity contribution in [2.24, 2.45) is 0 Å². The quantitative estimate of drug-likeness (QED) is 0.798. The van der Waals surface area contributed by atoms with Gasteiger partial charge < -0.3 is 5.11 Å². The Morgan fingerprint density at radius 2 is 2.10 bits per heavy atom. The van der Waals surface area contributed by atoms with Gasteiger partial charge in [0, 0.05) is 5.02 Å². The fourth-order valence-corrected chi connectivity index (χ4v) is 3.53. The molecule has 2 aromatic rings. The standard InChI is InChI=1S/C11H11Cl2N3O3S/c1-6-11(10(5-17)15-14-6)20(18,19)16-9-4-7(12)2-3-8(9)13/h2-4,16-17H,5H2,1H3,(H,14,15). The van der Waals surface area contributed by atoms with Gasteiger partial charge in [0.25, 0.3) is 10.0 Å². The van der Waals surface area contributed by atoms with Crippen LogP contribution in [0.25, 0.3) is 0 Å². The molecule has 108 valence electrons. The summed E-state index contributed by atoms with van der Waals surface area (Å²) in [7, 11) is -3.93. The summed E-state index contributed by atoms with van der Waals surface area (Å²) in [6.45, 7) is 1.05. The highest BCUT2D eigenvalue weighted by molar-refractivity contribution is 7.92. The van der Waals surface area contributed by atoms with Crippen LogP contribution in [0.15, 0.2) is 23.1 Å². The largest absolute Gasteiger partial charge is 0.390 e. The average molecular weight is 336 g/mol. The molecule has 0 saturated carbocycles. The van der Waals surface area contributed by atoms with E-state index in [1.807, 2.05) is 0 Å². The zero-order valence-electron chi connectivity index (χ0n) is 10.3. The van der Waals surface area contributed by atoms with E-state index in [-0.39, 0.29) is 21.3 Å². The normalized spacial score (nSPS) is 11.6. The van der Waals surface area contributed by atoms with Crippen molar-refractivity contribution in [3.05, 3.63) is 39.6 Å². The highest BCUT2D eigenvalue weighted by atomic mass is 35.5. The lowest BCUT2D eigenvalue weighted by Gasteiger charge is -2.10. The lowest BCUT2D eigenvalue weighted by Crippen LogP contribution is -2.15. The first-order valence-electron chi connectivity index (χ1n) is 5.47. The van der Waals surface area contributed by atoms with E-state index in [1.165, 1.54) is 12.1 Å². The van der Waals surface area contributed by atoms with Crippen LogP contribution in [0.1, 0.15) is 11.4 Å². The van der Waals surface area contributed by atoms with Crippen molar-refractivity contribution in [1.29, 1.82) is 0 Å². The van der Waals surface area contributed by atoms with Gasteiger partial charge in [-0.25, -0.2) is 8.42 Å². The number of aromatic amines is 1. The number of anilines is 1. The molecule has 0 saturated heterocycles. The minimum atomic E-state index is -3.93. The number of halogens is 2. The Hall–Kier alpha value is -1.28. The number of hydrogen-bond donors (Lipinski definition) is 3. The van der Waals surface area contributed by atoms with Gasteiger partial charge in [0.05, 0.1) is 23.0 Å². The van der Waals surface area contributed by atoms with Gasteiger partial charge in [-0.2, -0.15) is 5.10 Å². The Morgan fingerprint density at radius 3 is 2.75 bits per heavy atom. The molecule has 20 heavy (non-hydrogen) atoms. The van der Waals surface area contributed by atoms with Crippen molar-refractivity contribution in [2.75, 3.05) is 4.72 Å². The van der Waals surface area contributed by atoms with Crippen LogP contribution in [0.4, 0.5) is 5.69 Å². The maximum absolute atomic E-state index is 12.3. The number of nitrogens with one attached hydrogen (secondary N) is 2. The van der Waals surface area contributed by atoms with E-state index >= 15 is 0 Å². The number of aliphatic hydroxyl groups is 1. The number of rotatable bonds is 4. The maximum atomic E-state index is 12.3. The number of nitrogens with zero attached hydrogens (tertiary/aromatic N) is 1. The highest BCUT2D eigenvalue weighted by Gasteiger charge is 2.24. The molecule has 1 aromatic carbocycles. The van der Waals surface area contributed by atoms with Crippen LogP contribution in [-0.2, 0) is 16.6 Å². The number of aromatic nitrogens is 2. The third-order valence-electron chi connectivity index (χ3n) is 2.55. The highest BCUT2D eigenvalue weighted by Crippen LogP contribution is 2.29. The van der Waals surface area contributed by atoms with Crippen LogP contribution >= 0.6 is 23.2 Å². The molecule has 0 aliphatic carbocycles. The predicted molar refractivity (Wildman–Crippen MR) is 76.5 cm³/mol. The zero-order chi connectivity index (χ0) is 14.9. The van der Waals surface area contributed by atoms with Gasteiger partial charge in [-0.1, -0.05) is 23.2 Å². The SMILES string of the molecule is Cc1[nH]nc(CO)c1S(=O)(=O)Nc1cc(Cl)ccc1Cl. The van der Waals surface area contributed by atoms with Gasteiger partial charge in [-0.05, 0) is 25.1 Å². The minimum Gasteiger partial charge on any atom is -0.390 e. The topological polar surface area (TPSA) is 95.1 Å². The summed E-state index contributed by atoms with van der Waals surface area (Å²) < 4.78 is 27.0. The van der Waals surface area contributed by atoms with E-state index < -0.39 is 16.6 Å². The number of hydrogen-bond acceptors (Lipinski definition) is 4. The van der Waals surface area contributed by atoms with Crippen molar-refractivity contribution in [3.63, 3.8) is 0 Å². The monoisotopic (exact) mass is 335 g/mol. The zero-order valence-corrected chi connectivity index (χ0v) is 12.6. The number of aryl methyl sites for hydroxylation is 1. The third-order valence-corrected chi connectivity index (χ3v) is 4.69. The van der Waals surface area contributed by atoms with Gasteiger partial charge in [0.1, 0.15) is 10.6 Å². The molecule has 0 unspecified atom stereocenters. The molecule has 0 bridgehead atoms. The van der Waals surface area contributed by atoms with Crippen molar-refractivity contribution >= 4 is 38.9 Å². The Morgan fingerprint density at radius 1 is 1.40 bits per heavy atom. The van der Waals surface area contributed by atoms with Crippen LogP contribution < -0.4 is 4.72 Å². The lowest BCUT2D eigenvalue weighted by atomic mass is 10.3. The van der Waals surface area contributed by atoms with E-state index in [0.717, 1.165) is 0 Å². The molecule has 0 aliphatic heterocycles. The maximum Gasteiger partial charge on any atom is 0.265 e. The minimum absolute atomic E-state index is 0.0353. The van der Waals surface area contributed by atoms with Gasteiger partial charge >= 0.3 is 0 Å². The summed E-state index contributed by atoms with van der Waals surface area (Å²) in [6, 6.07) is 4.43. The van der Waals surface area contributed by atoms with E-state index in [0.29, 0.717) is 10.7 Å². The van der Waals surface area contributed by atoms with Gasteiger partial charge in [0.2, 0.25) is 0 Å². The first-order valence-corrected chi connectivity index (χ1v) is 7.71. The van der Waals surface area contributed by atoms with E-state index in [1.54, 1.807) is 13.0 Å². The molecule has 0 radical (unpaired) electrons. The number of sulfonamides is 1. The molecule has 0 spiro atoms. The molecule has 1 heterocycles. The van der Waals surface area contributed by atoms with Crippen molar-refractivity contribution < 1.29 is 13.5 Å². The Kier molecular flexibility index (Phi) is 4.24. The van der Waals surface area contributed by atoms with Crippen LogP contribution in [0.3, 0.4) is 0 Å². The molecule has 3 N–H and O–H groups in total. The van der Waals surface area contributed by atoms with Crippen LogP contribution in [0.5, 0.6) is 0 Å². The molecule has 0 aliphatic rings. The summed E-state index contributed by atoms with van der Waals surface area (Å²) in [4.78, 5) is -0.101. The Labute approximate surface area is 125 Å². The lowest BCUT2D eigenvalue weighted by molar-refractivity contribution is 0.273. The summed E-state index contributed by atoms with van der Waals surface area (Å²) in [5.74, 6) is 0.